The minimum atomic E-state index is -0.500. The second-order valence-electron chi connectivity index (χ2n) is 1.22. The Labute approximate surface area is 50.1 Å². The van der Waals surface area contributed by atoms with E-state index in [1.165, 1.54) is 14.2 Å². The van der Waals surface area contributed by atoms with Crippen molar-refractivity contribution in [2.45, 2.75) is 6.92 Å². The van der Waals surface area contributed by atoms with Gasteiger partial charge in [-0.25, -0.2) is 0 Å². The van der Waals surface area contributed by atoms with E-state index < -0.39 is 7.32 Å². The summed E-state index contributed by atoms with van der Waals surface area (Å²) in [5.41, 5.74) is 0. The number of hydrogen-bond acceptors (Lipinski definition) is 3. The third kappa shape index (κ3) is 3.01. The van der Waals surface area contributed by atoms with E-state index in [0.717, 1.165) is 0 Å². The predicted octanol–water partition coefficient (Wildman–Crippen LogP) is 0.301. The second kappa shape index (κ2) is 5.09. The summed E-state index contributed by atoms with van der Waals surface area (Å²) < 4.78 is 14.3. The zero-order chi connectivity index (χ0) is 6.41. The highest BCUT2D eigenvalue weighted by atomic mass is 16.7. The number of rotatable bonds is 4. The first-order valence-electron chi connectivity index (χ1n) is 2.52. The molecule has 0 heterocycles. The SMILES string of the molecule is CCOB(OC)OC. The molecular formula is C4H11BO3. The molecule has 0 saturated heterocycles. The summed E-state index contributed by atoms with van der Waals surface area (Å²) in [5.74, 6) is 0. The van der Waals surface area contributed by atoms with E-state index in [1.807, 2.05) is 6.92 Å². The van der Waals surface area contributed by atoms with Crippen molar-refractivity contribution in [1.29, 1.82) is 0 Å². The second-order valence-corrected chi connectivity index (χ2v) is 1.22. The van der Waals surface area contributed by atoms with Crippen molar-refractivity contribution in [3.8, 4) is 0 Å². The van der Waals surface area contributed by atoms with Gasteiger partial charge in [0.25, 0.3) is 0 Å². The quantitative estimate of drug-likeness (QED) is 0.497. The molecule has 0 N–H and O–H groups in total. The predicted molar refractivity (Wildman–Crippen MR) is 31.4 cm³/mol. The zero-order valence-electron chi connectivity index (χ0n) is 5.51. The van der Waals surface area contributed by atoms with Crippen LogP contribution in [0.2, 0.25) is 0 Å². The smallest absolute Gasteiger partial charge is 0.389 e. The van der Waals surface area contributed by atoms with Crippen molar-refractivity contribution in [3.05, 3.63) is 0 Å². The van der Waals surface area contributed by atoms with Gasteiger partial charge < -0.3 is 14.0 Å². The van der Waals surface area contributed by atoms with Gasteiger partial charge in [-0.05, 0) is 6.92 Å². The molecule has 0 bridgehead atoms. The Morgan fingerprint density at radius 3 is 1.88 bits per heavy atom. The van der Waals surface area contributed by atoms with Gasteiger partial charge in [-0.3, -0.25) is 0 Å². The monoisotopic (exact) mass is 118 g/mol. The van der Waals surface area contributed by atoms with Crippen molar-refractivity contribution in [3.63, 3.8) is 0 Å². The molecule has 0 aliphatic carbocycles. The lowest BCUT2D eigenvalue weighted by Crippen LogP contribution is -2.23. The molecule has 0 aromatic heterocycles. The molecule has 3 nitrogen and oxygen atoms in total. The maximum absolute atomic E-state index is 4.90. The summed E-state index contributed by atoms with van der Waals surface area (Å²) in [6.45, 7) is 2.48. The van der Waals surface area contributed by atoms with Gasteiger partial charge in [-0.1, -0.05) is 0 Å². The normalized spacial score (nSPS) is 9.38. The van der Waals surface area contributed by atoms with Crippen LogP contribution in [-0.2, 0) is 14.0 Å². The fourth-order valence-electron chi connectivity index (χ4n) is 0.368. The summed E-state index contributed by atoms with van der Waals surface area (Å²) in [6.07, 6.45) is 0. The van der Waals surface area contributed by atoms with Crippen LogP contribution in [0, 0.1) is 0 Å². The summed E-state index contributed by atoms with van der Waals surface area (Å²) in [7, 11) is 2.56. The van der Waals surface area contributed by atoms with Gasteiger partial charge in [0.1, 0.15) is 0 Å². The van der Waals surface area contributed by atoms with Crippen LogP contribution in [0.1, 0.15) is 6.92 Å². The van der Waals surface area contributed by atoms with Gasteiger partial charge in [0.15, 0.2) is 0 Å². The minimum Gasteiger partial charge on any atom is -0.389 e. The topological polar surface area (TPSA) is 27.7 Å². The molecular weight excluding hydrogens is 107 g/mol. The third-order valence-corrected chi connectivity index (χ3v) is 0.688. The fourth-order valence-corrected chi connectivity index (χ4v) is 0.368. The standard InChI is InChI=1S/C4H11BO3/c1-4-8-5(6-2)7-3/h4H2,1-3H3. The molecule has 0 rings (SSSR count). The van der Waals surface area contributed by atoms with Crippen molar-refractivity contribution in [2.24, 2.45) is 0 Å². The van der Waals surface area contributed by atoms with Crippen molar-refractivity contribution in [1.82, 2.24) is 0 Å². The van der Waals surface area contributed by atoms with E-state index in [1.54, 1.807) is 0 Å². The van der Waals surface area contributed by atoms with Crippen LogP contribution in [0.4, 0.5) is 0 Å². The Bertz CT molecular complexity index is 46.5. The van der Waals surface area contributed by atoms with Gasteiger partial charge in [-0.15, -0.1) is 0 Å². The molecule has 0 aromatic carbocycles. The molecule has 0 atom stereocenters. The lowest BCUT2D eigenvalue weighted by molar-refractivity contribution is 0.142. The molecule has 0 saturated carbocycles. The summed E-state index contributed by atoms with van der Waals surface area (Å²) in [4.78, 5) is 0. The van der Waals surface area contributed by atoms with E-state index in [-0.39, 0.29) is 0 Å². The van der Waals surface area contributed by atoms with Gasteiger partial charge in [0, 0.05) is 20.8 Å². The van der Waals surface area contributed by atoms with Gasteiger partial charge in [0.05, 0.1) is 0 Å². The highest BCUT2D eigenvalue weighted by Gasteiger charge is 2.14. The van der Waals surface area contributed by atoms with Gasteiger partial charge in [0.2, 0.25) is 0 Å². The van der Waals surface area contributed by atoms with Crippen molar-refractivity contribution >= 4 is 7.32 Å². The van der Waals surface area contributed by atoms with Crippen LogP contribution in [0.3, 0.4) is 0 Å². The largest absolute Gasteiger partial charge is 0.638 e. The Morgan fingerprint density at radius 1 is 1.25 bits per heavy atom. The van der Waals surface area contributed by atoms with Gasteiger partial charge in [-0.2, -0.15) is 0 Å². The first-order valence-corrected chi connectivity index (χ1v) is 2.52. The van der Waals surface area contributed by atoms with Crippen LogP contribution >= 0.6 is 0 Å². The van der Waals surface area contributed by atoms with Crippen LogP contribution in [-0.4, -0.2) is 28.1 Å². The Kier molecular flexibility index (Phi) is 5.05. The molecule has 0 aliphatic rings. The maximum Gasteiger partial charge on any atom is 0.638 e. The molecule has 0 unspecified atom stereocenters. The van der Waals surface area contributed by atoms with Crippen molar-refractivity contribution in [2.75, 3.05) is 20.8 Å². The highest BCUT2D eigenvalue weighted by Crippen LogP contribution is 1.85. The van der Waals surface area contributed by atoms with Crippen LogP contribution in [0.25, 0.3) is 0 Å². The Morgan fingerprint density at radius 2 is 1.75 bits per heavy atom. The van der Waals surface area contributed by atoms with E-state index in [2.05, 4.69) is 0 Å². The first kappa shape index (κ1) is 7.94. The van der Waals surface area contributed by atoms with E-state index in [4.69, 9.17) is 14.0 Å². The van der Waals surface area contributed by atoms with E-state index >= 15 is 0 Å². The lowest BCUT2D eigenvalue weighted by atomic mass is 10.2. The molecule has 0 radical (unpaired) electrons. The summed E-state index contributed by atoms with van der Waals surface area (Å²) in [6, 6.07) is 0. The molecule has 0 fully saturated rings. The summed E-state index contributed by atoms with van der Waals surface area (Å²) >= 11 is 0. The minimum absolute atomic E-state index is 0.500. The third-order valence-electron chi connectivity index (χ3n) is 0.688. The van der Waals surface area contributed by atoms with E-state index in [0.29, 0.717) is 6.61 Å². The number of hydrogen-bond donors (Lipinski definition) is 0. The van der Waals surface area contributed by atoms with Crippen LogP contribution < -0.4 is 0 Å². The highest BCUT2D eigenvalue weighted by molar-refractivity contribution is 6.36. The average Bonchev–Trinajstić information content (AvgIpc) is 1.83. The lowest BCUT2D eigenvalue weighted by Gasteiger charge is -2.04. The van der Waals surface area contributed by atoms with Crippen LogP contribution in [0.15, 0.2) is 0 Å². The molecule has 0 aromatic rings. The first-order chi connectivity index (χ1) is 3.85. The van der Waals surface area contributed by atoms with E-state index in [9.17, 15) is 0 Å². The maximum atomic E-state index is 4.90. The Balaban J connectivity index is 3.07. The molecule has 0 aliphatic heterocycles. The molecule has 48 valence electrons. The molecule has 8 heavy (non-hydrogen) atoms. The molecule has 0 amide bonds. The fraction of sp³-hybridized carbons (Fsp3) is 1.00. The zero-order valence-corrected chi connectivity index (χ0v) is 5.51. The molecule has 4 heteroatoms. The van der Waals surface area contributed by atoms with Crippen LogP contribution in [0.5, 0.6) is 0 Å². The Hall–Kier alpha value is -0.0551. The average molecular weight is 118 g/mol. The van der Waals surface area contributed by atoms with Crippen molar-refractivity contribution < 1.29 is 14.0 Å². The molecule has 0 spiro atoms. The van der Waals surface area contributed by atoms with Gasteiger partial charge >= 0.3 is 7.32 Å². The summed E-state index contributed by atoms with van der Waals surface area (Å²) in [5, 5.41) is 0.